The summed E-state index contributed by atoms with van der Waals surface area (Å²) in [4.78, 5) is 13.8. The zero-order valence-electron chi connectivity index (χ0n) is 17.8. The van der Waals surface area contributed by atoms with Crippen LogP contribution in [-0.2, 0) is 0 Å². The topological polar surface area (TPSA) is 92.6 Å². The molecule has 0 bridgehead atoms. The molecule has 1 atom stereocenters. The minimum atomic E-state index is 0.191. The van der Waals surface area contributed by atoms with Crippen molar-refractivity contribution in [1.82, 2.24) is 25.1 Å². The number of H-pyrrole nitrogens is 1. The second-order valence-electron chi connectivity index (χ2n) is 7.64. The lowest BCUT2D eigenvalue weighted by molar-refractivity contribution is 0.187. The van der Waals surface area contributed by atoms with Gasteiger partial charge in [0.2, 0.25) is 0 Å². The quantitative estimate of drug-likeness (QED) is 0.559. The van der Waals surface area contributed by atoms with Crippen molar-refractivity contribution in [2.45, 2.75) is 32.4 Å². The number of methoxy groups -OCH3 is 1. The first-order valence-corrected chi connectivity index (χ1v) is 10.2. The van der Waals surface area contributed by atoms with Crippen molar-refractivity contribution in [1.29, 1.82) is 0 Å². The number of hydrogen-bond donors (Lipinski definition) is 2. The summed E-state index contributed by atoms with van der Waals surface area (Å²) in [6.45, 7) is 13.4. The molecular formula is C22H25N7O2. The lowest BCUT2D eigenvalue weighted by atomic mass is 10.1. The summed E-state index contributed by atoms with van der Waals surface area (Å²) in [5, 5.41) is 10.4. The highest BCUT2D eigenvalue weighted by atomic mass is 16.5. The number of aromatic nitrogens is 4. The van der Waals surface area contributed by atoms with Gasteiger partial charge >= 0.3 is 0 Å². The Morgan fingerprint density at radius 3 is 2.77 bits per heavy atom. The predicted octanol–water partition coefficient (Wildman–Crippen LogP) is 4.03. The van der Waals surface area contributed by atoms with Crippen LogP contribution in [0.3, 0.4) is 0 Å². The molecule has 31 heavy (non-hydrogen) atoms. The molecule has 0 unspecified atom stereocenters. The summed E-state index contributed by atoms with van der Waals surface area (Å²) >= 11 is 0. The van der Waals surface area contributed by atoms with Crippen LogP contribution in [0, 0.1) is 6.57 Å². The van der Waals surface area contributed by atoms with E-state index in [1.54, 1.807) is 7.11 Å². The lowest BCUT2D eigenvalue weighted by Gasteiger charge is -2.20. The molecule has 3 aromatic rings. The number of anilines is 2. The van der Waals surface area contributed by atoms with Crippen LogP contribution < -0.4 is 14.8 Å². The van der Waals surface area contributed by atoms with Crippen molar-refractivity contribution in [2.24, 2.45) is 0 Å². The minimum absolute atomic E-state index is 0.191. The van der Waals surface area contributed by atoms with Gasteiger partial charge in [-0.15, -0.1) is 4.98 Å². The van der Waals surface area contributed by atoms with Crippen molar-refractivity contribution in [3.8, 4) is 22.8 Å². The lowest BCUT2D eigenvalue weighted by Crippen LogP contribution is -2.30. The van der Waals surface area contributed by atoms with E-state index >= 15 is 0 Å². The molecule has 0 aliphatic carbocycles. The van der Waals surface area contributed by atoms with Gasteiger partial charge in [0, 0.05) is 36.8 Å². The SMILES string of the molecule is [C-]#[N+]c1cnc(Nc2cc(-c3ccc(O[C@H]4CCN(C(C)C)C4)cc3OC)[nH]n2)cn1. The van der Waals surface area contributed by atoms with Crippen LogP contribution in [0.4, 0.5) is 17.5 Å². The van der Waals surface area contributed by atoms with Crippen molar-refractivity contribution in [3.05, 3.63) is 48.1 Å². The molecule has 1 aromatic carbocycles. The summed E-state index contributed by atoms with van der Waals surface area (Å²) in [5.74, 6) is 2.84. The number of nitrogens with one attached hydrogen (secondary N) is 2. The maximum absolute atomic E-state index is 6.94. The highest BCUT2D eigenvalue weighted by Gasteiger charge is 2.25. The van der Waals surface area contributed by atoms with Crippen LogP contribution in [0.15, 0.2) is 36.7 Å². The molecule has 9 heteroatoms. The van der Waals surface area contributed by atoms with E-state index in [9.17, 15) is 0 Å². The van der Waals surface area contributed by atoms with Crippen LogP contribution in [0.25, 0.3) is 16.1 Å². The molecule has 3 heterocycles. The number of ether oxygens (including phenoxy) is 2. The molecule has 0 spiro atoms. The first-order valence-electron chi connectivity index (χ1n) is 10.2. The summed E-state index contributed by atoms with van der Waals surface area (Å²) in [6, 6.07) is 8.23. The third kappa shape index (κ3) is 4.75. The zero-order valence-corrected chi connectivity index (χ0v) is 17.8. The number of aromatic amines is 1. The fraction of sp³-hybridized carbons (Fsp3) is 0.364. The van der Waals surface area contributed by atoms with Gasteiger partial charge in [-0.2, -0.15) is 5.10 Å². The first-order chi connectivity index (χ1) is 15.1. The molecule has 1 fully saturated rings. The summed E-state index contributed by atoms with van der Waals surface area (Å²) in [5.41, 5.74) is 1.67. The Bertz CT molecular complexity index is 1070. The third-order valence-electron chi connectivity index (χ3n) is 5.26. The van der Waals surface area contributed by atoms with Crippen LogP contribution >= 0.6 is 0 Å². The molecule has 2 aromatic heterocycles. The van der Waals surface area contributed by atoms with Gasteiger partial charge in [-0.1, -0.05) is 6.57 Å². The standard InChI is InChI=1S/C22H25N7O2/c1-14(2)29-8-7-16(13-29)31-15-5-6-17(19(9-15)30-4)18-10-20(28-27-18)26-22-12-24-21(23-3)11-25-22/h5-6,9-12,14,16H,7-8,13H2,1-2,4H3,(H2,25,26,27,28)/t16-/m0/s1. The maximum Gasteiger partial charge on any atom is 0.288 e. The van der Waals surface area contributed by atoms with Gasteiger partial charge in [-0.3, -0.25) is 10.00 Å². The molecule has 0 amide bonds. The second-order valence-corrected chi connectivity index (χ2v) is 7.64. The molecule has 160 valence electrons. The number of hydrogen-bond acceptors (Lipinski definition) is 7. The van der Waals surface area contributed by atoms with Crippen LogP contribution in [-0.4, -0.2) is 57.4 Å². The predicted molar refractivity (Wildman–Crippen MR) is 118 cm³/mol. The summed E-state index contributed by atoms with van der Waals surface area (Å²) in [6.07, 6.45) is 4.13. The minimum Gasteiger partial charge on any atom is -0.496 e. The molecule has 9 nitrogen and oxygen atoms in total. The highest BCUT2D eigenvalue weighted by Crippen LogP contribution is 2.34. The van der Waals surface area contributed by atoms with E-state index in [0.717, 1.165) is 36.5 Å². The van der Waals surface area contributed by atoms with E-state index in [2.05, 4.69) is 49.1 Å². The second kappa shape index (κ2) is 9.02. The van der Waals surface area contributed by atoms with Gasteiger partial charge < -0.3 is 19.6 Å². The number of nitrogens with zero attached hydrogens (tertiary/aromatic N) is 5. The Labute approximate surface area is 181 Å². The van der Waals surface area contributed by atoms with Crippen molar-refractivity contribution in [2.75, 3.05) is 25.5 Å². The van der Waals surface area contributed by atoms with Crippen molar-refractivity contribution < 1.29 is 9.47 Å². The van der Waals surface area contributed by atoms with Gasteiger partial charge in [-0.05, 0) is 32.4 Å². The fourth-order valence-corrected chi connectivity index (χ4v) is 3.58. The number of likely N-dealkylation sites (tertiary alicyclic amines) is 1. The average Bonchev–Trinajstić information content (AvgIpc) is 3.44. The van der Waals surface area contributed by atoms with E-state index in [-0.39, 0.29) is 11.9 Å². The van der Waals surface area contributed by atoms with E-state index in [4.69, 9.17) is 16.0 Å². The van der Waals surface area contributed by atoms with Crippen LogP contribution in [0.1, 0.15) is 20.3 Å². The Morgan fingerprint density at radius 2 is 2.10 bits per heavy atom. The Balaban J connectivity index is 1.46. The van der Waals surface area contributed by atoms with Crippen LogP contribution in [0.2, 0.25) is 0 Å². The van der Waals surface area contributed by atoms with Gasteiger partial charge in [0.1, 0.15) is 17.6 Å². The van der Waals surface area contributed by atoms with E-state index in [1.807, 2.05) is 24.3 Å². The third-order valence-corrected chi connectivity index (χ3v) is 5.26. The van der Waals surface area contributed by atoms with Crippen molar-refractivity contribution >= 4 is 17.5 Å². The van der Waals surface area contributed by atoms with Gasteiger partial charge in [0.25, 0.3) is 5.82 Å². The maximum atomic E-state index is 6.94. The molecule has 4 rings (SSSR count). The summed E-state index contributed by atoms with van der Waals surface area (Å²) < 4.78 is 11.8. The fourth-order valence-electron chi connectivity index (χ4n) is 3.58. The van der Waals surface area contributed by atoms with Gasteiger partial charge in [0.15, 0.2) is 17.8 Å². The monoisotopic (exact) mass is 419 g/mol. The molecule has 0 saturated carbocycles. The van der Waals surface area contributed by atoms with E-state index in [1.165, 1.54) is 12.4 Å². The molecular weight excluding hydrogens is 394 g/mol. The van der Waals surface area contributed by atoms with Crippen LogP contribution in [0.5, 0.6) is 11.5 Å². The molecule has 1 saturated heterocycles. The van der Waals surface area contributed by atoms with Crippen molar-refractivity contribution in [3.63, 3.8) is 0 Å². The largest absolute Gasteiger partial charge is 0.496 e. The Hall–Kier alpha value is -3.64. The first kappa shape index (κ1) is 20.6. The molecule has 2 N–H and O–H groups in total. The van der Waals surface area contributed by atoms with E-state index < -0.39 is 0 Å². The van der Waals surface area contributed by atoms with E-state index in [0.29, 0.717) is 23.4 Å². The molecule has 1 aliphatic rings. The summed E-state index contributed by atoms with van der Waals surface area (Å²) in [7, 11) is 1.64. The normalized spacial score (nSPS) is 16.3. The van der Waals surface area contributed by atoms with Gasteiger partial charge in [0.05, 0.1) is 19.0 Å². The molecule has 0 radical (unpaired) electrons. The molecule has 1 aliphatic heterocycles. The Kier molecular flexibility index (Phi) is 6.00. The smallest absolute Gasteiger partial charge is 0.288 e. The zero-order chi connectivity index (χ0) is 21.8. The van der Waals surface area contributed by atoms with Gasteiger partial charge in [-0.25, -0.2) is 4.98 Å². The highest BCUT2D eigenvalue weighted by molar-refractivity contribution is 5.71. The Morgan fingerprint density at radius 1 is 1.23 bits per heavy atom. The number of benzene rings is 1. The number of rotatable bonds is 7. The average molecular weight is 419 g/mol.